The lowest BCUT2D eigenvalue weighted by molar-refractivity contribution is -0.180. The molecule has 32 heteroatoms. The number of aliphatic hydroxyl groups is 1. The number of aromatic hydroxyl groups is 1. The van der Waals surface area contributed by atoms with Crippen LogP contribution < -0.4 is 26.8 Å². The van der Waals surface area contributed by atoms with Gasteiger partial charge in [-0.1, -0.05) is 58.9 Å². The van der Waals surface area contributed by atoms with E-state index in [0.717, 1.165) is 38.9 Å². The zero-order chi connectivity index (χ0) is 75.8. The molecule has 2 saturated heterocycles. The molecule has 7 aromatic rings. The molecule has 0 spiro atoms. The first-order valence-electron chi connectivity index (χ1n) is 34.4. The summed E-state index contributed by atoms with van der Waals surface area (Å²) in [7, 11) is 5.73. The number of amides is 7. The van der Waals surface area contributed by atoms with Crippen LogP contribution >= 0.6 is 23.5 Å². The molecule has 0 aliphatic carbocycles. The minimum Gasteiger partial charge on any atom is -0.508 e. The highest BCUT2D eigenvalue weighted by atomic mass is 32.2. The van der Waals surface area contributed by atoms with Gasteiger partial charge in [0.15, 0.2) is 5.60 Å². The summed E-state index contributed by atoms with van der Waals surface area (Å²) in [6, 6.07) is 8.12. The Labute approximate surface area is 612 Å². The summed E-state index contributed by atoms with van der Waals surface area (Å²) in [5.74, 6) is -12.3. The van der Waals surface area contributed by atoms with Crippen LogP contribution in [0.2, 0.25) is 0 Å². The zero-order valence-electron chi connectivity index (χ0n) is 60.1. The molecule has 2 bridgehead atoms. The molecular formula is C73H84N14O16S2. The van der Waals surface area contributed by atoms with Crippen molar-refractivity contribution in [3.05, 3.63) is 129 Å². The number of rotatable bonds is 11. The molecule has 2 fully saturated rings. The number of esters is 3. The van der Waals surface area contributed by atoms with Crippen molar-refractivity contribution in [2.45, 2.75) is 133 Å². The first kappa shape index (κ1) is 76.0. The van der Waals surface area contributed by atoms with E-state index >= 15 is 14.4 Å². The number of benzene rings is 3. The minimum absolute atomic E-state index is 0.0234. The number of aromatic nitrogens is 6. The van der Waals surface area contributed by atoms with E-state index < -0.39 is 161 Å². The van der Waals surface area contributed by atoms with Crippen molar-refractivity contribution in [2.75, 3.05) is 60.0 Å². The summed E-state index contributed by atoms with van der Waals surface area (Å²) in [6.45, 7) is 9.06. The Bertz CT molecular complexity index is 4720. The number of hydrogen-bond donors (Lipinski definition) is 6. The van der Waals surface area contributed by atoms with Gasteiger partial charge in [0, 0.05) is 55.9 Å². The molecule has 4 aromatic heterocycles. The first-order chi connectivity index (χ1) is 49.9. The number of carbonyl (C=O) groups is 10. The maximum atomic E-state index is 16.3. The smallest absolute Gasteiger partial charge is 0.343 e. The molecule has 7 amide bonds. The second-order valence-corrected chi connectivity index (χ2v) is 29.9. The van der Waals surface area contributed by atoms with Crippen molar-refractivity contribution in [1.29, 1.82) is 0 Å². The van der Waals surface area contributed by atoms with Crippen molar-refractivity contribution < 1.29 is 72.4 Å². The normalized spacial score (nSPS) is 24.8. The highest BCUT2D eigenvalue weighted by Gasteiger charge is 2.53. The number of ether oxygens (including phenoxy) is 3. The van der Waals surface area contributed by atoms with Gasteiger partial charge in [-0.3, -0.25) is 58.0 Å². The Hall–Kier alpha value is -10.2. The Balaban J connectivity index is 0.995. The Kier molecular flexibility index (Phi) is 22.6. The molecule has 0 saturated carbocycles. The predicted octanol–water partition coefficient (Wildman–Crippen LogP) is 3.07. The molecule has 8 heterocycles. The lowest BCUT2D eigenvalue weighted by Gasteiger charge is -2.41. The van der Waals surface area contributed by atoms with Gasteiger partial charge in [0.25, 0.3) is 17.4 Å². The fraction of sp³-hybridized carbons (Fsp3) is 0.452. The molecule has 105 heavy (non-hydrogen) atoms. The summed E-state index contributed by atoms with van der Waals surface area (Å²) < 4.78 is 18.2. The lowest BCUT2D eigenvalue weighted by Crippen LogP contribution is -2.61. The van der Waals surface area contributed by atoms with E-state index in [2.05, 4.69) is 41.2 Å². The van der Waals surface area contributed by atoms with Crippen LogP contribution in [0.5, 0.6) is 5.75 Å². The number of cyclic esters (lactones) is 3. The van der Waals surface area contributed by atoms with E-state index in [-0.39, 0.29) is 53.5 Å². The van der Waals surface area contributed by atoms with E-state index in [1.165, 1.54) is 69.8 Å². The summed E-state index contributed by atoms with van der Waals surface area (Å²) in [5, 5.41) is 34.9. The molecule has 12 atom stereocenters. The van der Waals surface area contributed by atoms with Gasteiger partial charge in [-0.15, -0.1) is 23.5 Å². The van der Waals surface area contributed by atoms with Crippen molar-refractivity contribution in [2.24, 2.45) is 17.8 Å². The maximum absolute atomic E-state index is 16.3. The van der Waals surface area contributed by atoms with Crippen LogP contribution in [0.4, 0.5) is 0 Å². The van der Waals surface area contributed by atoms with Crippen molar-refractivity contribution >= 4 is 116 Å². The van der Waals surface area contributed by atoms with Gasteiger partial charge in [-0.25, -0.2) is 24.5 Å². The number of aryl methyl sites for hydroxylation is 1. The van der Waals surface area contributed by atoms with Crippen LogP contribution in [0.15, 0.2) is 90.0 Å². The Morgan fingerprint density at radius 2 is 1.25 bits per heavy atom. The average Bonchev–Trinajstić information content (AvgIpc) is 1.62. The van der Waals surface area contributed by atoms with Gasteiger partial charge in [0.2, 0.25) is 29.5 Å². The number of fused-ring (bicyclic) bond motifs is 11. The molecular weight excluding hydrogens is 1390 g/mol. The minimum atomic E-state index is -2.61. The lowest BCUT2D eigenvalue weighted by atomic mass is 9.74. The third kappa shape index (κ3) is 15.1. The predicted molar refractivity (Wildman–Crippen MR) is 388 cm³/mol. The number of likely N-dealkylation sites (N-methyl/N-ethyl adjacent to an activating group) is 4. The van der Waals surface area contributed by atoms with Crippen LogP contribution in [0.1, 0.15) is 98.1 Å². The third-order valence-corrected chi connectivity index (χ3v) is 23.0. The third-order valence-electron chi connectivity index (χ3n) is 20.1. The molecule has 4 aliphatic rings. The van der Waals surface area contributed by atoms with Gasteiger partial charge in [0.05, 0.1) is 74.1 Å². The molecule has 11 rings (SSSR count). The molecule has 30 nitrogen and oxygen atoms in total. The SMILES string of the molecule is CCc1c2c(nc3ccc(O)cc13)-c1cc3c(c(=O)n1C2)COC(=O)[C@]3(O)C(C)CC(C)[C@@H]1C(=O)OC[C@H](NC(=O)c2cnc3ccccc3n2)C(=O)N[C@H](C)C(=O)N(C)[C@@H]2CS[C@H](SC)[C@H](C(=O)N1C)N(C)C(=O)[C@@H](C)NC(=O)[C@@H](NC(=O)c1cnc3ccccc3n1)COC(=O)[C@@H](C(C)C)N(C)C2. The standard InChI is InChI=1S/C73H84N14O16S2/c1-13-42-43-25-41(88)22-23-47(43)80-57-44(42)30-87-56(57)26-46-45(67(87)95)31-103-72(99)73(46,100)37(5)24-36(4)59-70(98)102-33-55(82-62(90)53-28-75-49-19-15-17-21-51(49)79-53)63(91)76-38(6)65(93)84(9)40-29-83(8)58(35(2)3)69(97)101-32-54(81-61(89)52-27-74-48-18-14-16-20-50(48)78-52)64(92)77-39(7)66(94)86(11)60(68(96)85(59)10)71(104-12)105-34-40/h14-23,25-28,35-40,54-55,58-60,71,88,100H,13,24,29-34H2,1-12H3,(H,76,91)(H,77,92)(H,81,89)(H,82,90)/t36?,37?,38-,39-,40+,54+,55+,58-,59-,60+,71+,73+/m1/s1. The number of phenolic OH excluding ortho intramolecular Hbond substituents is 1. The maximum Gasteiger partial charge on any atom is 0.343 e. The largest absolute Gasteiger partial charge is 0.508 e. The topological polar surface area (TPSA) is 386 Å². The Morgan fingerprint density at radius 1 is 0.695 bits per heavy atom. The van der Waals surface area contributed by atoms with Gasteiger partial charge in [0.1, 0.15) is 79.3 Å². The molecule has 2 unspecified atom stereocenters. The summed E-state index contributed by atoms with van der Waals surface area (Å²) in [5.41, 5.74) is 0.730. The van der Waals surface area contributed by atoms with Crippen LogP contribution in [-0.2, 0) is 77.7 Å². The fourth-order valence-corrected chi connectivity index (χ4v) is 17.0. The van der Waals surface area contributed by atoms with Crippen LogP contribution in [-0.4, -0.2) is 231 Å². The van der Waals surface area contributed by atoms with Crippen LogP contribution in [0, 0.1) is 17.8 Å². The molecule has 554 valence electrons. The van der Waals surface area contributed by atoms with E-state index in [1.54, 1.807) is 106 Å². The van der Waals surface area contributed by atoms with Gasteiger partial charge >= 0.3 is 17.9 Å². The number of hydrogen-bond acceptors (Lipinski definition) is 24. The highest BCUT2D eigenvalue weighted by molar-refractivity contribution is 8.16. The number of pyridine rings is 2. The number of carbonyl (C=O) groups excluding carboxylic acids is 10. The monoisotopic (exact) mass is 1480 g/mol. The number of nitrogens with one attached hydrogen (secondary N) is 4. The molecule has 0 radical (unpaired) electrons. The summed E-state index contributed by atoms with van der Waals surface area (Å²) >= 11 is 2.30. The van der Waals surface area contributed by atoms with Crippen molar-refractivity contribution in [3.8, 4) is 17.1 Å². The summed E-state index contributed by atoms with van der Waals surface area (Å²) in [6.07, 6.45) is 4.25. The second kappa shape index (κ2) is 31.3. The Morgan fingerprint density at radius 3 is 1.80 bits per heavy atom. The van der Waals surface area contributed by atoms with E-state index in [4.69, 9.17) is 19.2 Å². The van der Waals surface area contributed by atoms with Crippen LogP contribution in [0.3, 0.4) is 0 Å². The van der Waals surface area contributed by atoms with Crippen molar-refractivity contribution in [3.63, 3.8) is 0 Å². The molecule has 6 N–H and O–H groups in total. The second-order valence-electron chi connectivity index (χ2n) is 27.5. The zero-order valence-corrected chi connectivity index (χ0v) is 61.7. The molecule has 3 aromatic carbocycles. The van der Waals surface area contributed by atoms with Gasteiger partial charge < -0.3 is 65.0 Å². The number of phenols is 1. The number of thioether (sulfide) groups is 2. The first-order valence-corrected chi connectivity index (χ1v) is 36.7. The molecule has 4 aliphatic heterocycles. The summed E-state index contributed by atoms with van der Waals surface area (Å²) in [4.78, 5) is 192. The van der Waals surface area contributed by atoms with Crippen LogP contribution in [0.25, 0.3) is 44.4 Å². The van der Waals surface area contributed by atoms with E-state index in [1.807, 2.05) is 6.92 Å². The quantitative estimate of drug-likeness (QED) is 0.0800. The average molecular weight is 1480 g/mol. The fourth-order valence-electron chi connectivity index (χ4n) is 14.4. The van der Waals surface area contributed by atoms with Gasteiger partial charge in [-0.05, 0) is 106 Å². The van der Waals surface area contributed by atoms with E-state index in [9.17, 15) is 48.6 Å². The number of nitrogens with zero attached hydrogens (tertiary/aromatic N) is 10. The van der Waals surface area contributed by atoms with Crippen molar-refractivity contribution in [1.82, 2.24) is 70.4 Å². The highest BCUT2D eigenvalue weighted by Crippen LogP contribution is 2.45. The van der Waals surface area contributed by atoms with Gasteiger partial charge in [-0.2, -0.15) is 0 Å². The number of para-hydroxylation sites is 4. The van der Waals surface area contributed by atoms with E-state index in [0.29, 0.717) is 56.3 Å².